The zero-order valence-electron chi connectivity index (χ0n) is 14.9. The van der Waals surface area contributed by atoms with Crippen LogP contribution in [0.1, 0.15) is 35.2 Å². The molecule has 1 fully saturated rings. The molecule has 1 saturated heterocycles. The highest BCUT2D eigenvalue weighted by Gasteiger charge is 2.32. The van der Waals surface area contributed by atoms with Crippen LogP contribution in [-0.2, 0) is 6.18 Å². The van der Waals surface area contributed by atoms with Gasteiger partial charge in [0.1, 0.15) is 5.52 Å². The molecule has 1 aliphatic heterocycles. The van der Waals surface area contributed by atoms with E-state index in [2.05, 4.69) is 10.3 Å². The molecule has 0 unspecified atom stereocenters. The van der Waals surface area contributed by atoms with E-state index in [1.807, 2.05) is 4.90 Å². The van der Waals surface area contributed by atoms with E-state index in [-0.39, 0.29) is 5.69 Å². The number of hydrogen-bond acceptors (Lipinski definition) is 4. The average Bonchev–Trinajstić information content (AvgIpc) is 3.15. The normalized spacial score (nSPS) is 15.0. The minimum absolute atomic E-state index is 0.155. The Hall–Kier alpha value is -3.03. The maximum Gasteiger partial charge on any atom is 0.416 e. The molecule has 8 heteroatoms. The monoisotopic (exact) mass is 389 g/mol. The summed E-state index contributed by atoms with van der Waals surface area (Å²) in [5.74, 6) is -0.498. The maximum absolute atomic E-state index is 13.2. The molecule has 0 bridgehead atoms. The van der Waals surface area contributed by atoms with E-state index in [0.29, 0.717) is 22.4 Å². The summed E-state index contributed by atoms with van der Waals surface area (Å²) in [4.78, 5) is 18.7. The number of rotatable bonds is 3. The molecular formula is C20H18F3N3O2. The summed E-state index contributed by atoms with van der Waals surface area (Å²) in [6.07, 6.45) is -0.182. The Morgan fingerprint density at radius 2 is 1.86 bits per heavy atom. The summed E-state index contributed by atoms with van der Waals surface area (Å²) in [5.41, 5.74) is 1.29. The molecule has 1 aliphatic rings. The lowest BCUT2D eigenvalue weighted by molar-refractivity contribution is -0.137. The van der Waals surface area contributed by atoms with Gasteiger partial charge in [-0.15, -0.1) is 0 Å². The van der Waals surface area contributed by atoms with Gasteiger partial charge in [-0.1, -0.05) is 0 Å². The highest BCUT2D eigenvalue weighted by molar-refractivity contribution is 6.07. The van der Waals surface area contributed by atoms with Crippen LogP contribution in [0.4, 0.5) is 24.5 Å². The van der Waals surface area contributed by atoms with E-state index in [1.165, 1.54) is 12.5 Å². The molecule has 4 rings (SSSR count). The standard InChI is InChI=1S/C20H18F3N3O2/c21-20(22,23)14-5-6-17(26-8-2-1-3-9-26)15(11-14)25-19(27)13-4-7-18-16(10-13)24-12-28-18/h4-7,10-12H,1-3,8-9H2,(H,25,27). The van der Waals surface area contributed by atoms with Crippen molar-refractivity contribution in [1.29, 1.82) is 0 Å². The van der Waals surface area contributed by atoms with Crippen LogP contribution in [0, 0.1) is 0 Å². The first kappa shape index (κ1) is 18.3. The number of hydrogen-bond donors (Lipinski definition) is 1. The first-order valence-electron chi connectivity index (χ1n) is 9.02. The quantitative estimate of drug-likeness (QED) is 0.678. The van der Waals surface area contributed by atoms with Gasteiger partial charge in [-0.3, -0.25) is 4.79 Å². The number of fused-ring (bicyclic) bond motifs is 1. The summed E-state index contributed by atoms with van der Waals surface area (Å²) in [6, 6.07) is 8.19. The number of nitrogens with zero attached hydrogens (tertiary/aromatic N) is 2. The Kier molecular flexibility index (Phi) is 4.70. The fraction of sp³-hybridized carbons (Fsp3) is 0.300. The van der Waals surface area contributed by atoms with Gasteiger partial charge in [0.15, 0.2) is 12.0 Å². The van der Waals surface area contributed by atoms with E-state index >= 15 is 0 Å². The van der Waals surface area contributed by atoms with Crippen LogP contribution in [0.2, 0.25) is 0 Å². The molecule has 0 spiro atoms. The van der Waals surface area contributed by atoms with Gasteiger partial charge in [0.2, 0.25) is 0 Å². The van der Waals surface area contributed by atoms with Gasteiger partial charge in [-0.05, 0) is 55.7 Å². The Morgan fingerprint density at radius 1 is 1.07 bits per heavy atom. The van der Waals surface area contributed by atoms with E-state index in [0.717, 1.165) is 44.5 Å². The zero-order chi connectivity index (χ0) is 19.7. The van der Waals surface area contributed by atoms with Crippen molar-refractivity contribution in [2.45, 2.75) is 25.4 Å². The highest BCUT2D eigenvalue weighted by Crippen LogP contribution is 2.36. The van der Waals surface area contributed by atoms with Gasteiger partial charge in [0, 0.05) is 18.7 Å². The van der Waals surface area contributed by atoms with Gasteiger partial charge in [0.25, 0.3) is 5.91 Å². The summed E-state index contributed by atoms with van der Waals surface area (Å²) in [6.45, 7) is 1.50. The van der Waals surface area contributed by atoms with Crippen molar-refractivity contribution in [2.75, 3.05) is 23.3 Å². The van der Waals surface area contributed by atoms with Gasteiger partial charge in [0.05, 0.1) is 16.9 Å². The summed E-state index contributed by atoms with van der Waals surface area (Å²) >= 11 is 0. The van der Waals surface area contributed by atoms with Crippen molar-refractivity contribution in [3.63, 3.8) is 0 Å². The molecule has 0 atom stereocenters. The summed E-state index contributed by atoms with van der Waals surface area (Å²) in [5, 5.41) is 2.65. The number of amides is 1. The Bertz CT molecular complexity index is 1010. The van der Waals surface area contributed by atoms with Crippen LogP contribution in [0.3, 0.4) is 0 Å². The second kappa shape index (κ2) is 7.18. The summed E-state index contributed by atoms with van der Waals surface area (Å²) in [7, 11) is 0. The molecule has 1 amide bonds. The predicted molar refractivity (Wildman–Crippen MR) is 99.5 cm³/mol. The van der Waals surface area contributed by atoms with Crippen molar-refractivity contribution in [1.82, 2.24) is 4.98 Å². The number of benzene rings is 2. The van der Waals surface area contributed by atoms with Gasteiger partial charge < -0.3 is 14.6 Å². The molecule has 0 aliphatic carbocycles. The van der Waals surface area contributed by atoms with Crippen LogP contribution < -0.4 is 10.2 Å². The number of anilines is 2. The average molecular weight is 389 g/mol. The van der Waals surface area contributed by atoms with Crippen molar-refractivity contribution in [2.24, 2.45) is 0 Å². The third-order valence-electron chi connectivity index (χ3n) is 4.86. The Morgan fingerprint density at radius 3 is 2.61 bits per heavy atom. The fourth-order valence-corrected chi connectivity index (χ4v) is 3.42. The molecule has 5 nitrogen and oxygen atoms in total. The second-order valence-corrected chi connectivity index (χ2v) is 6.77. The number of piperidine rings is 1. The van der Waals surface area contributed by atoms with Gasteiger partial charge in [-0.25, -0.2) is 4.98 Å². The lowest BCUT2D eigenvalue weighted by Gasteiger charge is -2.31. The minimum atomic E-state index is -4.49. The molecule has 1 aromatic heterocycles. The minimum Gasteiger partial charge on any atom is -0.443 e. The molecular weight excluding hydrogens is 371 g/mol. The van der Waals surface area contributed by atoms with Gasteiger partial charge >= 0.3 is 6.18 Å². The van der Waals surface area contributed by atoms with Crippen LogP contribution >= 0.6 is 0 Å². The molecule has 3 aromatic rings. The molecule has 0 saturated carbocycles. The van der Waals surface area contributed by atoms with E-state index in [4.69, 9.17) is 4.42 Å². The van der Waals surface area contributed by atoms with E-state index < -0.39 is 17.6 Å². The SMILES string of the molecule is O=C(Nc1cc(C(F)(F)F)ccc1N1CCCCC1)c1ccc2ocnc2c1. The Labute approximate surface area is 159 Å². The number of carbonyl (C=O) groups excluding carboxylic acids is 1. The van der Waals surface area contributed by atoms with Crippen molar-refractivity contribution in [3.05, 3.63) is 53.9 Å². The van der Waals surface area contributed by atoms with Crippen LogP contribution in [-0.4, -0.2) is 24.0 Å². The first-order valence-corrected chi connectivity index (χ1v) is 9.02. The van der Waals surface area contributed by atoms with Crippen molar-refractivity contribution >= 4 is 28.4 Å². The Balaban J connectivity index is 1.67. The number of nitrogens with one attached hydrogen (secondary N) is 1. The van der Waals surface area contributed by atoms with Crippen LogP contribution in [0.15, 0.2) is 47.2 Å². The maximum atomic E-state index is 13.2. The molecule has 146 valence electrons. The number of carbonyl (C=O) groups is 1. The number of aromatic nitrogens is 1. The molecule has 0 radical (unpaired) electrons. The largest absolute Gasteiger partial charge is 0.443 e. The summed E-state index contributed by atoms with van der Waals surface area (Å²) < 4.78 is 44.7. The van der Waals surface area contributed by atoms with Gasteiger partial charge in [-0.2, -0.15) is 13.2 Å². The fourth-order valence-electron chi connectivity index (χ4n) is 3.42. The number of halogens is 3. The predicted octanol–water partition coefficient (Wildman–Crippen LogP) is 5.09. The molecule has 2 heterocycles. The van der Waals surface area contributed by atoms with E-state index in [9.17, 15) is 18.0 Å². The lowest BCUT2D eigenvalue weighted by Crippen LogP contribution is -2.30. The lowest BCUT2D eigenvalue weighted by atomic mass is 10.1. The second-order valence-electron chi connectivity index (χ2n) is 6.77. The number of oxazole rings is 1. The molecule has 28 heavy (non-hydrogen) atoms. The third kappa shape index (κ3) is 3.67. The zero-order valence-corrected chi connectivity index (χ0v) is 14.9. The van der Waals surface area contributed by atoms with Crippen LogP contribution in [0.5, 0.6) is 0 Å². The topological polar surface area (TPSA) is 58.4 Å². The first-order chi connectivity index (χ1) is 13.4. The van der Waals surface area contributed by atoms with Crippen molar-refractivity contribution < 1.29 is 22.4 Å². The van der Waals surface area contributed by atoms with Crippen molar-refractivity contribution in [3.8, 4) is 0 Å². The van der Waals surface area contributed by atoms with Crippen LogP contribution in [0.25, 0.3) is 11.1 Å². The smallest absolute Gasteiger partial charge is 0.416 e. The third-order valence-corrected chi connectivity index (χ3v) is 4.86. The molecule has 2 aromatic carbocycles. The van der Waals surface area contributed by atoms with E-state index in [1.54, 1.807) is 18.2 Å². The number of alkyl halides is 3. The molecule has 1 N–H and O–H groups in total. The highest BCUT2D eigenvalue weighted by atomic mass is 19.4.